The van der Waals surface area contributed by atoms with Gasteiger partial charge in [-0.25, -0.2) is 0 Å². The van der Waals surface area contributed by atoms with Gasteiger partial charge in [-0.2, -0.15) is 13.2 Å². The molecule has 7 heteroatoms. The van der Waals surface area contributed by atoms with E-state index < -0.39 is 17.6 Å². The van der Waals surface area contributed by atoms with Crippen LogP contribution in [-0.4, -0.2) is 44.0 Å². The molecule has 2 N–H and O–H groups in total. The van der Waals surface area contributed by atoms with E-state index in [1.807, 2.05) is 14.1 Å². The van der Waals surface area contributed by atoms with Crippen LogP contribution in [0.1, 0.15) is 28.8 Å². The number of primary amides is 1. The maximum Gasteiger partial charge on any atom is 0.418 e. The van der Waals surface area contributed by atoms with Gasteiger partial charge in [0.25, 0.3) is 0 Å². The highest BCUT2D eigenvalue weighted by Crippen LogP contribution is 2.38. The molecule has 1 aliphatic rings. The highest BCUT2D eigenvalue weighted by atomic mass is 19.4. The third-order valence-electron chi connectivity index (χ3n) is 4.12. The first-order chi connectivity index (χ1) is 10.2. The second-order valence-electron chi connectivity index (χ2n) is 5.78. The number of halogens is 3. The number of carbonyl (C=O) groups excluding carboxylic acids is 1. The van der Waals surface area contributed by atoms with Crippen molar-refractivity contribution in [3.8, 4) is 0 Å². The van der Waals surface area contributed by atoms with Gasteiger partial charge in [-0.3, -0.25) is 4.79 Å². The molecule has 122 valence electrons. The number of nitrogens with two attached hydrogens (primary N) is 1. The topological polar surface area (TPSA) is 49.6 Å². The van der Waals surface area contributed by atoms with Crippen molar-refractivity contribution in [1.29, 1.82) is 0 Å². The minimum atomic E-state index is -4.51. The first-order valence-electron chi connectivity index (χ1n) is 7.12. The van der Waals surface area contributed by atoms with Crippen molar-refractivity contribution in [2.24, 2.45) is 5.73 Å². The van der Waals surface area contributed by atoms with Gasteiger partial charge in [-0.1, -0.05) is 0 Å². The van der Waals surface area contributed by atoms with Crippen molar-refractivity contribution >= 4 is 11.6 Å². The van der Waals surface area contributed by atoms with E-state index in [1.54, 1.807) is 4.90 Å². The van der Waals surface area contributed by atoms with Gasteiger partial charge >= 0.3 is 6.18 Å². The number of alkyl halides is 3. The molecule has 4 nitrogen and oxygen atoms in total. The van der Waals surface area contributed by atoms with Crippen LogP contribution in [0.15, 0.2) is 18.2 Å². The summed E-state index contributed by atoms with van der Waals surface area (Å²) in [5, 5.41) is 0. The zero-order chi connectivity index (χ0) is 16.5. The second-order valence-corrected chi connectivity index (χ2v) is 5.78. The molecule has 1 heterocycles. The molecule has 1 saturated heterocycles. The van der Waals surface area contributed by atoms with Crippen molar-refractivity contribution in [2.75, 3.05) is 32.1 Å². The van der Waals surface area contributed by atoms with E-state index in [9.17, 15) is 18.0 Å². The molecule has 0 radical (unpaired) electrons. The number of benzene rings is 1. The molecule has 0 bridgehead atoms. The lowest BCUT2D eigenvalue weighted by molar-refractivity contribution is -0.137. The molecule has 0 saturated carbocycles. The summed E-state index contributed by atoms with van der Waals surface area (Å²) in [7, 11) is 3.95. The Bertz CT molecular complexity index is 549. The van der Waals surface area contributed by atoms with Crippen LogP contribution in [-0.2, 0) is 6.18 Å². The normalized spacial score (nSPS) is 17.1. The molecule has 1 aliphatic heterocycles. The first-order valence-corrected chi connectivity index (χ1v) is 7.12. The molecule has 0 atom stereocenters. The van der Waals surface area contributed by atoms with Gasteiger partial charge in [0.1, 0.15) is 0 Å². The summed E-state index contributed by atoms with van der Waals surface area (Å²) >= 11 is 0. The summed E-state index contributed by atoms with van der Waals surface area (Å²) < 4.78 is 39.8. The Hall–Kier alpha value is -1.76. The number of amides is 1. The molecule has 1 amide bonds. The van der Waals surface area contributed by atoms with Crippen LogP contribution in [0, 0.1) is 0 Å². The van der Waals surface area contributed by atoms with Crippen molar-refractivity contribution in [1.82, 2.24) is 4.90 Å². The number of hydrogen-bond acceptors (Lipinski definition) is 3. The monoisotopic (exact) mass is 315 g/mol. The number of piperidine rings is 1. The SMILES string of the molecule is CN(C)C1CCN(c2ccc(C(N)=O)cc2C(F)(F)F)CC1. The molecule has 1 aromatic carbocycles. The predicted molar refractivity (Wildman–Crippen MR) is 78.9 cm³/mol. The molecule has 0 aromatic heterocycles. The molecule has 1 fully saturated rings. The Morgan fingerprint density at radius 2 is 1.86 bits per heavy atom. The fourth-order valence-corrected chi connectivity index (χ4v) is 2.82. The maximum atomic E-state index is 13.3. The summed E-state index contributed by atoms with van der Waals surface area (Å²) in [6.07, 6.45) is -2.90. The highest BCUT2D eigenvalue weighted by Gasteiger charge is 2.36. The largest absolute Gasteiger partial charge is 0.418 e. The molecule has 0 spiro atoms. The first kappa shape index (κ1) is 16.6. The molecule has 22 heavy (non-hydrogen) atoms. The molecular weight excluding hydrogens is 295 g/mol. The fourth-order valence-electron chi connectivity index (χ4n) is 2.82. The van der Waals surface area contributed by atoms with Gasteiger partial charge in [0, 0.05) is 30.4 Å². The lowest BCUT2D eigenvalue weighted by atomic mass is 10.0. The fraction of sp³-hybridized carbons (Fsp3) is 0.533. The Morgan fingerprint density at radius 1 is 1.27 bits per heavy atom. The van der Waals surface area contributed by atoms with Gasteiger partial charge < -0.3 is 15.5 Å². The number of hydrogen-bond donors (Lipinski definition) is 1. The molecular formula is C15H20F3N3O. The van der Waals surface area contributed by atoms with Crippen molar-refractivity contribution in [3.05, 3.63) is 29.3 Å². The van der Waals surface area contributed by atoms with Gasteiger partial charge in [-0.05, 0) is 45.1 Å². The minimum Gasteiger partial charge on any atom is -0.371 e. The number of rotatable bonds is 3. The summed E-state index contributed by atoms with van der Waals surface area (Å²) in [6.45, 7) is 1.11. The van der Waals surface area contributed by atoms with Gasteiger partial charge in [0.15, 0.2) is 0 Å². The van der Waals surface area contributed by atoms with E-state index in [-0.39, 0.29) is 11.3 Å². The second kappa shape index (κ2) is 6.16. The Balaban J connectivity index is 2.29. The maximum absolute atomic E-state index is 13.3. The molecule has 0 unspecified atom stereocenters. The van der Waals surface area contributed by atoms with E-state index in [4.69, 9.17) is 5.73 Å². The number of anilines is 1. The van der Waals surface area contributed by atoms with Crippen molar-refractivity contribution < 1.29 is 18.0 Å². The highest BCUT2D eigenvalue weighted by molar-refractivity contribution is 5.93. The average molecular weight is 315 g/mol. The van der Waals surface area contributed by atoms with Gasteiger partial charge in [0.2, 0.25) is 5.91 Å². The van der Waals surface area contributed by atoms with Crippen LogP contribution in [0.25, 0.3) is 0 Å². The Morgan fingerprint density at radius 3 is 2.32 bits per heavy atom. The third-order valence-corrected chi connectivity index (χ3v) is 4.12. The minimum absolute atomic E-state index is 0.120. The van der Waals surface area contributed by atoms with Crippen LogP contribution in [0.4, 0.5) is 18.9 Å². The summed E-state index contributed by atoms with van der Waals surface area (Å²) in [6, 6.07) is 3.93. The van der Waals surface area contributed by atoms with Crippen LogP contribution < -0.4 is 10.6 Å². The van der Waals surface area contributed by atoms with Crippen LogP contribution in [0.5, 0.6) is 0 Å². The lowest BCUT2D eigenvalue weighted by Gasteiger charge is -2.37. The number of carbonyl (C=O) groups is 1. The van der Waals surface area contributed by atoms with E-state index in [2.05, 4.69) is 4.90 Å². The standard InChI is InChI=1S/C15H20F3N3O/c1-20(2)11-5-7-21(8-6-11)13-4-3-10(14(19)22)9-12(13)15(16,17)18/h3-4,9,11H,5-8H2,1-2H3,(H2,19,22). The van der Waals surface area contributed by atoms with E-state index in [0.717, 1.165) is 18.9 Å². The molecule has 0 aliphatic carbocycles. The third kappa shape index (κ3) is 3.52. The number of nitrogens with zero attached hydrogens (tertiary/aromatic N) is 2. The van der Waals surface area contributed by atoms with Crippen molar-refractivity contribution in [3.63, 3.8) is 0 Å². The predicted octanol–water partition coefficient (Wildman–Crippen LogP) is 2.33. The van der Waals surface area contributed by atoms with Gasteiger partial charge in [-0.15, -0.1) is 0 Å². The zero-order valence-corrected chi connectivity index (χ0v) is 12.7. The van der Waals surface area contributed by atoms with Crippen molar-refractivity contribution in [2.45, 2.75) is 25.1 Å². The van der Waals surface area contributed by atoms with E-state index >= 15 is 0 Å². The molecule has 2 rings (SSSR count). The Labute approximate surface area is 127 Å². The zero-order valence-electron chi connectivity index (χ0n) is 12.7. The lowest BCUT2D eigenvalue weighted by Crippen LogP contribution is -2.42. The summed E-state index contributed by atoms with van der Waals surface area (Å²) in [5.74, 6) is -0.858. The quantitative estimate of drug-likeness (QED) is 0.931. The summed E-state index contributed by atoms with van der Waals surface area (Å²) in [4.78, 5) is 14.9. The summed E-state index contributed by atoms with van der Waals surface area (Å²) in [5.41, 5.74) is 4.28. The van der Waals surface area contributed by atoms with Gasteiger partial charge in [0.05, 0.1) is 5.56 Å². The van der Waals surface area contributed by atoms with Crippen LogP contribution >= 0.6 is 0 Å². The smallest absolute Gasteiger partial charge is 0.371 e. The molecule has 1 aromatic rings. The average Bonchev–Trinajstić information content (AvgIpc) is 2.45. The van der Waals surface area contributed by atoms with Crippen LogP contribution in [0.3, 0.4) is 0 Å². The Kier molecular flexibility index (Phi) is 4.65. The van der Waals surface area contributed by atoms with Crippen LogP contribution in [0.2, 0.25) is 0 Å². The van der Waals surface area contributed by atoms with E-state index in [1.165, 1.54) is 12.1 Å². The van der Waals surface area contributed by atoms with E-state index in [0.29, 0.717) is 19.1 Å².